The van der Waals surface area contributed by atoms with E-state index in [0.29, 0.717) is 45.8 Å². The van der Waals surface area contributed by atoms with Crippen molar-refractivity contribution in [2.45, 2.75) is 38.8 Å². The van der Waals surface area contributed by atoms with Crippen LogP contribution in [0.25, 0.3) is 0 Å². The molecule has 0 radical (unpaired) electrons. The van der Waals surface area contributed by atoms with Gasteiger partial charge in [-0.05, 0) is 38.0 Å². The van der Waals surface area contributed by atoms with Gasteiger partial charge in [-0.1, -0.05) is 12.1 Å². The molecule has 2 rings (SSSR count). The molecule has 0 aliphatic carbocycles. The number of amides is 2. The number of benzene rings is 1. The Labute approximate surface area is 154 Å². The standard InChI is InChI=1S/C19H29N3O4/c1-3-26-16-8-6-15(7-9-16)14(2)22-18(23)5-4-10-21-19(24)17-13-25-12-11-20-17/h6-9,14,17,20H,3-5,10-13H2,1-2H3,(H,21,24)(H,22,23). The maximum absolute atomic E-state index is 12.1. The summed E-state index contributed by atoms with van der Waals surface area (Å²) in [5.41, 5.74) is 1.03. The van der Waals surface area contributed by atoms with E-state index in [4.69, 9.17) is 9.47 Å². The molecule has 1 aliphatic rings. The molecule has 0 bridgehead atoms. The van der Waals surface area contributed by atoms with Gasteiger partial charge in [-0.2, -0.15) is 0 Å². The summed E-state index contributed by atoms with van der Waals surface area (Å²) < 4.78 is 10.7. The van der Waals surface area contributed by atoms with E-state index in [9.17, 15) is 9.59 Å². The number of nitrogens with one attached hydrogen (secondary N) is 3. The van der Waals surface area contributed by atoms with Crippen LogP contribution in [0.5, 0.6) is 5.75 Å². The van der Waals surface area contributed by atoms with Gasteiger partial charge in [0.2, 0.25) is 11.8 Å². The van der Waals surface area contributed by atoms with E-state index in [2.05, 4.69) is 16.0 Å². The minimum Gasteiger partial charge on any atom is -0.494 e. The molecule has 7 heteroatoms. The highest BCUT2D eigenvalue weighted by Gasteiger charge is 2.20. The smallest absolute Gasteiger partial charge is 0.239 e. The van der Waals surface area contributed by atoms with Crippen molar-refractivity contribution in [3.63, 3.8) is 0 Å². The summed E-state index contributed by atoms with van der Waals surface area (Å²) in [5.74, 6) is 0.719. The Bertz CT molecular complexity index is 571. The van der Waals surface area contributed by atoms with Gasteiger partial charge in [0.05, 0.1) is 25.9 Å². The van der Waals surface area contributed by atoms with Gasteiger partial charge in [-0.25, -0.2) is 0 Å². The zero-order valence-corrected chi connectivity index (χ0v) is 15.5. The van der Waals surface area contributed by atoms with Crippen LogP contribution in [0, 0.1) is 0 Å². The molecule has 0 aromatic heterocycles. The molecule has 26 heavy (non-hydrogen) atoms. The van der Waals surface area contributed by atoms with Gasteiger partial charge >= 0.3 is 0 Å². The minimum atomic E-state index is -0.294. The molecule has 0 spiro atoms. The fourth-order valence-electron chi connectivity index (χ4n) is 2.73. The highest BCUT2D eigenvalue weighted by molar-refractivity contribution is 5.82. The van der Waals surface area contributed by atoms with Crippen LogP contribution in [0.2, 0.25) is 0 Å². The summed E-state index contributed by atoms with van der Waals surface area (Å²) in [7, 11) is 0. The summed E-state index contributed by atoms with van der Waals surface area (Å²) in [6.07, 6.45) is 0.970. The molecule has 0 saturated carbocycles. The first-order valence-electron chi connectivity index (χ1n) is 9.21. The largest absolute Gasteiger partial charge is 0.494 e. The molecule has 144 valence electrons. The van der Waals surface area contributed by atoms with Crippen LogP contribution in [0.4, 0.5) is 0 Å². The van der Waals surface area contributed by atoms with E-state index in [1.807, 2.05) is 38.1 Å². The number of ether oxygens (including phenoxy) is 2. The van der Waals surface area contributed by atoms with Crippen molar-refractivity contribution in [3.05, 3.63) is 29.8 Å². The second-order valence-corrected chi connectivity index (χ2v) is 6.27. The third kappa shape index (κ3) is 6.65. The molecule has 1 aromatic rings. The number of carbonyl (C=O) groups excluding carboxylic acids is 2. The number of hydrogen-bond acceptors (Lipinski definition) is 5. The highest BCUT2D eigenvalue weighted by Crippen LogP contribution is 2.17. The Hall–Kier alpha value is -2.12. The molecular weight excluding hydrogens is 334 g/mol. The van der Waals surface area contributed by atoms with Crippen molar-refractivity contribution in [1.82, 2.24) is 16.0 Å². The predicted molar refractivity (Wildman–Crippen MR) is 99.0 cm³/mol. The molecule has 1 fully saturated rings. The van der Waals surface area contributed by atoms with Crippen molar-refractivity contribution in [2.24, 2.45) is 0 Å². The monoisotopic (exact) mass is 363 g/mol. The summed E-state index contributed by atoms with van der Waals surface area (Å²) in [6.45, 7) is 6.71. The normalized spacial score (nSPS) is 18.0. The second kappa shape index (κ2) is 10.8. The van der Waals surface area contributed by atoms with E-state index in [-0.39, 0.29) is 23.9 Å². The minimum absolute atomic E-state index is 0.0280. The van der Waals surface area contributed by atoms with E-state index >= 15 is 0 Å². The number of morpholine rings is 1. The fourth-order valence-corrected chi connectivity index (χ4v) is 2.73. The molecule has 7 nitrogen and oxygen atoms in total. The molecule has 2 unspecified atom stereocenters. The molecule has 1 heterocycles. The quantitative estimate of drug-likeness (QED) is 0.573. The lowest BCUT2D eigenvalue weighted by atomic mass is 10.1. The van der Waals surface area contributed by atoms with Gasteiger partial charge in [-0.15, -0.1) is 0 Å². The molecule has 2 amide bonds. The Morgan fingerprint density at radius 1 is 1.35 bits per heavy atom. The van der Waals surface area contributed by atoms with Crippen molar-refractivity contribution in [3.8, 4) is 5.75 Å². The van der Waals surface area contributed by atoms with Crippen LogP contribution in [0.1, 0.15) is 38.3 Å². The predicted octanol–water partition coefficient (Wildman–Crippen LogP) is 1.15. The lowest BCUT2D eigenvalue weighted by molar-refractivity contribution is -0.126. The van der Waals surface area contributed by atoms with Gasteiger partial charge in [0.1, 0.15) is 11.8 Å². The van der Waals surface area contributed by atoms with Crippen molar-refractivity contribution in [2.75, 3.05) is 32.9 Å². The lowest BCUT2D eigenvalue weighted by Crippen LogP contribution is -2.51. The molecular formula is C19H29N3O4. The van der Waals surface area contributed by atoms with Gasteiger partial charge in [-0.3, -0.25) is 9.59 Å². The Balaban J connectivity index is 1.63. The van der Waals surface area contributed by atoms with E-state index in [0.717, 1.165) is 11.3 Å². The van der Waals surface area contributed by atoms with Gasteiger partial charge in [0.15, 0.2) is 0 Å². The molecule has 2 atom stereocenters. The first-order chi connectivity index (χ1) is 12.6. The molecule has 1 saturated heterocycles. The van der Waals surface area contributed by atoms with Crippen LogP contribution in [-0.4, -0.2) is 50.8 Å². The first-order valence-corrected chi connectivity index (χ1v) is 9.21. The third-order valence-electron chi connectivity index (χ3n) is 4.19. The number of hydrogen-bond donors (Lipinski definition) is 3. The van der Waals surface area contributed by atoms with Gasteiger partial charge in [0.25, 0.3) is 0 Å². The Morgan fingerprint density at radius 3 is 2.77 bits per heavy atom. The topological polar surface area (TPSA) is 88.7 Å². The lowest BCUT2D eigenvalue weighted by Gasteiger charge is -2.22. The molecule has 1 aromatic carbocycles. The van der Waals surface area contributed by atoms with Crippen molar-refractivity contribution < 1.29 is 19.1 Å². The van der Waals surface area contributed by atoms with Crippen LogP contribution in [0.3, 0.4) is 0 Å². The average Bonchev–Trinajstić information content (AvgIpc) is 2.66. The summed E-state index contributed by atoms with van der Waals surface area (Å²) in [4.78, 5) is 24.0. The summed E-state index contributed by atoms with van der Waals surface area (Å²) >= 11 is 0. The van der Waals surface area contributed by atoms with Gasteiger partial charge < -0.3 is 25.4 Å². The Morgan fingerprint density at radius 2 is 2.12 bits per heavy atom. The van der Waals surface area contributed by atoms with Crippen molar-refractivity contribution in [1.29, 1.82) is 0 Å². The van der Waals surface area contributed by atoms with Crippen LogP contribution in [0.15, 0.2) is 24.3 Å². The Kier molecular flexibility index (Phi) is 8.37. The van der Waals surface area contributed by atoms with E-state index in [1.54, 1.807) is 0 Å². The van der Waals surface area contributed by atoms with Crippen LogP contribution < -0.4 is 20.7 Å². The number of carbonyl (C=O) groups is 2. The SMILES string of the molecule is CCOc1ccc(C(C)NC(=O)CCCNC(=O)C2COCCN2)cc1. The average molecular weight is 363 g/mol. The van der Waals surface area contributed by atoms with E-state index in [1.165, 1.54) is 0 Å². The van der Waals surface area contributed by atoms with Crippen molar-refractivity contribution >= 4 is 11.8 Å². The first kappa shape index (κ1) is 20.2. The van der Waals surface area contributed by atoms with Crippen LogP contribution in [-0.2, 0) is 14.3 Å². The summed E-state index contributed by atoms with van der Waals surface area (Å²) in [6, 6.07) is 7.35. The third-order valence-corrected chi connectivity index (χ3v) is 4.19. The highest BCUT2D eigenvalue weighted by atomic mass is 16.5. The second-order valence-electron chi connectivity index (χ2n) is 6.27. The zero-order valence-electron chi connectivity index (χ0n) is 15.5. The zero-order chi connectivity index (χ0) is 18.8. The maximum atomic E-state index is 12.1. The van der Waals surface area contributed by atoms with E-state index < -0.39 is 0 Å². The maximum Gasteiger partial charge on any atom is 0.239 e. The summed E-state index contributed by atoms with van der Waals surface area (Å²) in [5, 5.41) is 8.91. The van der Waals surface area contributed by atoms with Crippen LogP contribution >= 0.6 is 0 Å². The fraction of sp³-hybridized carbons (Fsp3) is 0.579. The molecule has 3 N–H and O–H groups in total. The molecule has 1 aliphatic heterocycles. The number of rotatable bonds is 9. The van der Waals surface area contributed by atoms with Gasteiger partial charge in [0, 0.05) is 19.5 Å².